The zero-order valence-electron chi connectivity index (χ0n) is 17.0. The zero-order valence-corrected chi connectivity index (χ0v) is 17.0. The lowest BCUT2D eigenvalue weighted by molar-refractivity contribution is -0.384. The molecular weight excluding hydrogens is 390 g/mol. The number of likely N-dealkylation sites (tertiary alicyclic amines) is 1. The Morgan fingerprint density at radius 2 is 1.93 bits per heavy atom. The molecule has 4 atom stereocenters. The maximum Gasteiger partial charge on any atom is 0.292 e. The molecule has 30 heavy (non-hydrogen) atoms. The van der Waals surface area contributed by atoms with E-state index >= 15 is 0 Å². The molecule has 1 fully saturated rings. The molecule has 9 heteroatoms. The Morgan fingerprint density at radius 1 is 1.20 bits per heavy atom. The number of nitrogens with one attached hydrogen (secondary N) is 1. The molecule has 0 aromatic heterocycles. The van der Waals surface area contributed by atoms with Gasteiger partial charge in [-0.25, -0.2) is 0 Å². The number of rotatable bonds is 11. The summed E-state index contributed by atoms with van der Waals surface area (Å²) in [7, 11) is 0. The molecule has 0 bridgehead atoms. The normalized spacial score (nSPS) is 24.4. The van der Waals surface area contributed by atoms with Crippen molar-refractivity contribution >= 4 is 11.4 Å². The Kier molecular flexibility index (Phi) is 9.49. The average Bonchev–Trinajstić information content (AvgIpc) is 2.72. The van der Waals surface area contributed by atoms with Gasteiger partial charge in [0.05, 0.1) is 23.7 Å². The number of piperidine rings is 1. The molecule has 0 amide bonds. The summed E-state index contributed by atoms with van der Waals surface area (Å²) in [6, 6.07) is 4.38. The van der Waals surface area contributed by atoms with Crippen LogP contribution in [0.2, 0.25) is 0 Å². The van der Waals surface area contributed by atoms with Gasteiger partial charge in [0.15, 0.2) is 0 Å². The van der Waals surface area contributed by atoms with Gasteiger partial charge in [0.2, 0.25) is 0 Å². The molecule has 2 rings (SSSR count). The van der Waals surface area contributed by atoms with Crippen LogP contribution >= 0.6 is 0 Å². The molecular formula is C21H31N3O6. The molecule has 0 saturated carbocycles. The average molecular weight is 421 g/mol. The van der Waals surface area contributed by atoms with Crippen LogP contribution in [0, 0.1) is 22.5 Å². The van der Waals surface area contributed by atoms with E-state index in [2.05, 4.69) is 11.2 Å². The largest absolute Gasteiger partial charge is 0.395 e. The number of aliphatic hydroxyl groups is 4. The highest BCUT2D eigenvalue weighted by atomic mass is 16.6. The maximum absolute atomic E-state index is 11.3. The van der Waals surface area contributed by atoms with E-state index in [1.807, 2.05) is 0 Å². The third kappa shape index (κ3) is 6.39. The van der Waals surface area contributed by atoms with E-state index in [1.54, 1.807) is 17.0 Å². The van der Waals surface area contributed by atoms with Crippen molar-refractivity contribution in [2.45, 2.75) is 56.5 Å². The van der Waals surface area contributed by atoms with Gasteiger partial charge in [-0.2, -0.15) is 0 Å². The van der Waals surface area contributed by atoms with Crippen molar-refractivity contribution < 1.29 is 25.3 Å². The minimum atomic E-state index is -1.24. The van der Waals surface area contributed by atoms with E-state index in [9.17, 15) is 30.5 Å². The smallest absolute Gasteiger partial charge is 0.292 e. The molecule has 0 spiro atoms. The number of β-amino-alcohol motifs (C(OH)–C–C–N with tert-alkyl or cyclic N) is 1. The van der Waals surface area contributed by atoms with Crippen molar-refractivity contribution in [3.05, 3.63) is 33.9 Å². The highest BCUT2D eigenvalue weighted by Crippen LogP contribution is 2.26. The van der Waals surface area contributed by atoms with Gasteiger partial charge >= 0.3 is 0 Å². The molecule has 1 aliphatic heterocycles. The number of hydrogen-bond acceptors (Lipinski definition) is 8. The van der Waals surface area contributed by atoms with Gasteiger partial charge in [0, 0.05) is 25.6 Å². The van der Waals surface area contributed by atoms with Crippen LogP contribution in [0.4, 0.5) is 11.4 Å². The molecule has 1 saturated heterocycles. The van der Waals surface area contributed by atoms with Crippen molar-refractivity contribution in [3.8, 4) is 12.3 Å². The second-order valence-electron chi connectivity index (χ2n) is 7.62. The van der Waals surface area contributed by atoms with Crippen LogP contribution in [0.5, 0.6) is 0 Å². The van der Waals surface area contributed by atoms with Crippen LogP contribution in [0.15, 0.2) is 18.2 Å². The number of nitrogens with zero attached hydrogens (tertiary/aromatic N) is 2. The highest BCUT2D eigenvalue weighted by molar-refractivity contribution is 5.62. The Balaban J connectivity index is 1.71. The summed E-state index contributed by atoms with van der Waals surface area (Å²) in [4.78, 5) is 12.6. The maximum atomic E-state index is 11.3. The molecule has 0 radical (unpaired) electrons. The van der Waals surface area contributed by atoms with Gasteiger partial charge in [-0.15, -0.1) is 12.3 Å². The van der Waals surface area contributed by atoms with E-state index in [1.165, 1.54) is 6.07 Å². The standard InChI is InChI=1S/C21H31N3O6/c1-2-7-15-8-9-16(17(12-15)24(29)30)22-10-5-3-4-6-11-23-13-19(26)21(28)20(27)18(23)14-25/h1,8-9,12,18-22,25-28H,3-7,10-11,13-14H2/t18-,19+,20-,21-/m1/s1. The Labute approximate surface area is 176 Å². The van der Waals surface area contributed by atoms with Crippen molar-refractivity contribution in [3.63, 3.8) is 0 Å². The first kappa shape index (κ1) is 24.1. The lowest BCUT2D eigenvalue weighted by Crippen LogP contribution is -2.62. The van der Waals surface area contributed by atoms with Gasteiger partial charge in [0.25, 0.3) is 5.69 Å². The summed E-state index contributed by atoms with van der Waals surface area (Å²) in [5.74, 6) is 2.48. The SMILES string of the molecule is C#CCc1ccc(NCCCCCCN2C[C@H](O)[C@@H](O)[C@H](O)[C@H]2CO)c([N+](=O)[O-])c1. The Hall–Kier alpha value is -2.22. The second kappa shape index (κ2) is 11.8. The predicted molar refractivity (Wildman–Crippen MR) is 113 cm³/mol. The Morgan fingerprint density at radius 3 is 2.60 bits per heavy atom. The fraction of sp³-hybridized carbons (Fsp3) is 0.619. The summed E-state index contributed by atoms with van der Waals surface area (Å²) in [5, 5.41) is 53.4. The summed E-state index contributed by atoms with van der Waals surface area (Å²) in [5.41, 5.74) is 1.22. The number of aliphatic hydroxyl groups excluding tert-OH is 4. The monoisotopic (exact) mass is 421 g/mol. The first-order valence-corrected chi connectivity index (χ1v) is 10.2. The Bertz CT molecular complexity index is 738. The van der Waals surface area contributed by atoms with Crippen LogP contribution in [0.1, 0.15) is 31.2 Å². The fourth-order valence-electron chi connectivity index (χ4n) is 3.76. The fourth-order valence-corrected chi connectivity index (χ4v) is 3.76. The van der Waals surface area contributed by atoms with Crippen molar-refractivity contribution in [2.75, 3.05) is 31.6 Å². The van der Waals surface area contributed by atoms with E-state index in [0.717, 1.165) is 31.2 Å². The number of unbranched alkanes of at least 4 members (excludes halogenated alkanes) is 3. The number of nitro groups is 1. The zero-order chi connectivity index (χ0) is 22.1. The number of anilines is 1. The molecule has 166 valence electrons. The van der Waals surface area contributed by atoms with Crippen LogP contribution in [0.25, 0.3) is 0 Å². The highest BCUT2D eigenvalue weighted by Gasteiger charge is 2.40. The van der Waals surface area contributed by atoms with Gasteiger partial charge in [-0.1, -0.05) is 18.9 Å². The third-order valence-electron chi connectivity index (χ3n) is 5.47. The molecule has 1 aliphatic rings. The molecule has 1 aromatic carbocycles. The van der Waals surface area contributed by atoms with Crippen LogP contribution in [-0.2, 0) is 6.42 Å². The van der Waals surface area contributed by atoms with E-state index in [-0.39, 0.29) is 18.8 Å². The minimum Gasteiger partial charge on any atom is -0.395 e. The lowest BCUT2D eigenvalue weighted by Gasteiger charge is -2.43. The first-order chi connectivity index (χ1) is 14.4. The molecule has 0 aliphatic carbocycles. The minimum absolute atomic E-state index is 0.0159. The van der Waals surface area contributed by atoms with Crippen molar-refractivity contribution in [1.82, 2.24) is 4.90 Å². The molecule has 9 nitrogen and oxygen atoms in total. The lowest BCUT2D eigenvalue weighted by atomic mass is 9.94. The van der Waals surface area contributed by atoms with Crippen molar-refractivity contribution in [1.29, 1.82) is 0 Å². The van der Waals surface area contributed by atoms with E-state index in [0.29, 0.717) is 25.2 Å². The summed E-state index contributed by atoms with van der Waals surface area (Å²) < 4.78 is 0. The van der Waals surface area contributed by atoms with Crippen molar-refractivity contribution in [2.24, 2.45) is 0 Å². The van der Waals surface area contributed by atoms with Gasteiger partial charge < -0.3 is 25.7 Å². The van der Waals surface area contributed by atoms with Crippen LogP contribution < -0.4 is 5.32 Å². The molecule has 1 aromatic rings. The predicted octanol–water partition coefficient (Wildman–Crippen LogP) is 0.502. The van der Waals surface area contributed by atoms with E-state index in [4.69, 9.17) is 6.42 Å². The third-order valence-corrected chi connectivity index (χ3v) is 5.47. The number of terminal acetylenes is 1. The molecule has 5 N–H and O–H groups in total. The summed E-state index contributed by atoms with van der Waals surface area (Å²) in [6.07, 6.45) is 5.60. The number of nitro benzene ring substituents is 1. The van der Waals surface area contributed by atoms with Gasteiger partial charge in [-0.3, -0.25) is 15.0 Å². The first-order valence-electron chi connectivity index (χ1n) is 10.2. The number of hydrogen-bond donors (Lipinski definition) is 5. The number of benzene rings is 1. The summed E-state index contributed by atoms with van der Waals surface area (Å²) in [6.45, 7) is 1.13. The second-order valence-corrected chi connectivity index (χ2v) is 7.62. The van der Waals surface area contributed by atoms with Crippen LogP contribution in [-0.4, -0.2) is 80.8 Å². The quantitative estimate of drug-likeness (QED) is 0.151. The topological polar surface area (TPSA) is 139 Å². The van der Waals surface area contributed by atoms with Crippen LogP contribution in [0.3, 0.4) is 0 Å². The van der Waals surface area contributed by atoms with Gasteiger partial charge in [-0.05, 0) is 31.0 Å². The molecule has 0 unspecified atom stereocenters. The summed E-state index contributed by atoms with van der Waals surface area (Å²) >= 11 is 0. The van der Waals surface area contributed by atoms with Gasteiger partial charge in [0.1, 0.15) is 17.9 Å². The molecule has 1 heterocycles. The van der Waals surface area contributed by atoms with E-state index < -0.39 is 29.3 Å².